The molecule has 0 saturated carbocycles. The summed E-state index contributed by atoms with van der Waals surface area (Å²) < 4.78 is 22.9. The van der Waals surface area contributed by atoms with E-state index in [1.165, 1.54) is 0 Å². The Balaban J connectivity index is 2.81. The van der Waals surface area contributed by atoms with Gasteiger partial charge >= 0.3 is 0 Å². The van der Waals surface area contributed by atoms with Gasteiger partial charge in [0, 0.05) is 11.7 Å². The lowest BCUT2D eigenvalue weighted by molar-refractivity contribution is 0.619. The van der Waals surface area contributed by atoms with Crippen molar-refractivity contribution < 1.29 is 8.42 Å². The van der Waals surface area contributed by atoms with E-state index in [2.05, 4.69) is 4.72 Å². The molecule has 0 unspecified atom stereocenters. The Hall–Kier alpha value is -1.07. The Labute approximate surface area is 78.8 Å². The molecule has 0 spiro atoms. The van der Waals surface area contributed by atoms with Gasteiger partial charge in [-0.05, 0) is 24.6 Å². The lowest BCUT2D eigenvalue weighted by Gasteiger charge is -2.05. The predicted octanol–water partition coefficient (Wildman–Crippen LogP) is 0.645. The molecule has 1 aromatic carbocycles. The SMILES string of the molecule is C[C@H](N)c1ccc(N[SH](=O)=O)cc1. The van der Waals surface area contributed by atoms with Crippen molar-refractivity contribution in [1.29, 1.82) is 0 Å². The summed E-state index contributed by atoms with van der Waals surface area (Å²) in [6, 6.07) is 6.93. The van der Waals surface area contributed by atoms with Crippen LogP contribution in [0.15, 0.2) is 24.3 Å². The van der Waals surface area contributed by atoms with Crippen molar-refractivity contribution in [1.82, 2.24) is 0 Å². The fourth-order valence-electron chi connectivity index (χ4n) is 0.967. The minimum absolute atomic E-state index is 0.0323. The normalized spacial score (nSPS) is 12.8. The van der Waals surface area contributed by atoms with Crippen molar-refractivity contribution in [3.05, 3.63) is 29.8 Å². The number of nitrogens with one attached hydrogen (secondary N) is 1. The first-order valence-corrected chi connectivity index (χ1v) is 5.04. The fraction of sp³-hybridized carbons (Fsp3) is 0.250. The fourth-order valence-corrected chi connectivity index (χ4v) is 1.33. The quantitative estimate of drug-likeness (QED) is 0.627. The summed E-state index contributed by atoms with van der Waals surface area (Å²) in [4.78, 5) is 0. The highest BCUT2D eigenvalue weighted by atomic mass is 32.2. The van der Waals surface area contributed by atoms with Crippen molar-refractivity contribution in [2.75, 3.05) is 4.72 Å². The standard InChI is InChI=1S/C8H12N2O2S/c1-6(9)7-2-4-8(5-3-7)10-13(11)12/h2-6,13H,9H2,1H3,(H,10,11,12)/t6-/m0/s1. The number of hydrogen-bond donors (Lipinski definition) is 3. The second-order valence-electron chi connectivity index (χ2n) is 2.78. The number of hydrogen-bond acceptors (Lipinski definition) is 3. The van der Waals surface area contributed by atoms with Gasteiger partial charge in [0.2, 0.25) is 10.9 Å². The van der Waals surface area contributed by atoms with Gasteiger partial charge < -0.3 is 5.73 Å². The summed E-state index contributed by atoms with van der Waals surface area (Å²) in [6.07, 6.45) is 0. The lowest BCUT2D eigenvalue weighted by Crippen LogP contribution is -2.04. The maximum Gasteiger partial charge on any atom is 0.222 e. The van der Waals surface area contributed by atoms with E-state index in [0.717, 1.165) is 5.56 Å². The minimum atomic E-state index is -2.58. The van der Waals surface area contributed by atoms with Gasteiger partial charge in [0.15, 0.2) is 0 Å². The molecule has 0 aromatic heterocycles. The van der Waals surface area contributed by atoms with E-state index in [-0.39, 0.29) is 6.04 Å². The smallest absolute Gasteiger partial charge is 0.222 e. The first kappa shape index (κ1) is 10.0. The summed E-state index contributed by atoms with van der Waals surface area (Å²) in [5, 5.41) is 0. The van der Waals surface area contributed by atoms with Crippen molar-refractivity contribution >= 4 is 16.6 Å². The number of nitrogens with two attached hydrogens (primary N) is 1. The van der Waals surface area contributed by atoms with Crippen molar-refractivity contribution in [3.63, 3.8) is 0 Å². The summed E-state index contributed by atoms with van der Waals surface area (Å²) in [5.74, 6) is 0. The van der Waals surface area contributed by atoms with E-state index in [1.807, 2.05) is 6.92 Å². The van der Waals surface area contributed by atoms with Crippen LogP contribution >= 0.6 is 0 Å². The average molecular weight is 200 g/mol. The van der Waals surface area contributed by atoms with Gasteiger partial charge in [0.25, 0.3) is 0 Å². The van der Waals surface area contributed by atoms with Crippen LogP contribution in [0.1, 0.15) is 18.5 Å². The molecule has 13 heavy (non-hydrogen) atoms. The summed E-state index contributed by atoms with van der Waals surface area (Å²) in [5.41, 5.74) is 7.16. The topological polar surface area (TPSA) is 72.2 Å². The molecule has 5 heteroatoms. The van der Waals surface area contributed by atoms with Crippen LogP contribution in [0.3, 0.4) is 0 Å². The Morgan fingerprint density at radius 2 is 1.85 bits per heavy atom. The monoisotopic (exact) mass is 200 g/mol. The first-order chi connectivity index (χ1) is 6.09. The van der Waals surface area contributed by atoms with E-state index in [1.54, 1.807) is 24.3 Å². The van der Waals surface area contributed by atoms with Gasteiger partial charge in [-0.2, -0.15) is 0 Å². The van der Waals surface area contributed by atoms with E-state index >= 15 is 0 Å². The van der Waals surface area contributed by atoms with Gasteiger partial charge in [0.05, 0.1) is 0 Å². The molecule has 72 valence electrons. The third kappa shape index (κ3) is 3.04. The molecule has 4 nitrogen and oxygen atoms in total. The number of anilines is 1. The minimum Gasteiger partial charge on any atom is -0.324 e. The summed E-state index contributed by atoms with van der Waals surface area (Å²) >= 11 is 0. The van der Waals surface area contributed by atoms with E-state index in [9.17, 15) is 8.42 Å². The van der Waals surface area contributed by atoms with Gasteiger partial charge in [-0.15, -0.1) is 0 Å². The molecule has 0 radical (unpaired) electrons. The lowest BCUT2D eigenvalue weighted by atomic mass is 10.1. The second kappa shape index (κ2) is 4.25. The van der Waals surface area contributed by atoms with Gasteiger partial charge in [-0.3, -0.25) is 4.72 Å². The molecule has 0 aliphatic rings. The molecule has 1 rings (SSSR count). The third-order valence-electron chi connectivity index (χ3n) is 1.66. The molecule has 0 amide bonds. The highest BCUT2D eigenvalue weighted by Crippen LogP contribution is 2.13. The van der Waals surface area contributed by atoms with Crippen LogP contribution in [0, 0.1) is 0 Å². The van der Waals surface area contributed by atoms with Crippen LogP contribution in [0.2, 0.25) is 0 Å². The van der Waals surface area contributed by atoms with E-state index in [0.29, 0.717) is 5.69 Å². The molecular weight excluding hydrogens is 188 g/mol. The van der Waals surface area contributed by atoms with Crippen molar-refractivity contribution in [2.24, 2.45) is 5.73 Å². The molecule has 1 aromatic rings. The van der Waals surface area contributed by atoms with Gasteiger partial charge in [0.1, 0.15) is 0 Å². The van der Waals surface area contributed by atoms with Crippen molar-refractivity contribution in [2.45, 2.75) is 13.0 Å². The van der Waals surface area contributed by atoms with E-state index in [4.69, 9.17) is 5.73 Å². The van der Waals surface area contributed by atoms with Crippen LogP contribution in [0.4, 0.5) is 5.69 Å². The maximum absolute atomic E-state index is 10.3. The van der Waals surface area contributed by atoms with Crippen molar-refractivity contribution in [3.8, 4) is 0 Å². The zero-order chi connectivity index (χ0) is 9.84. The van der Waals surface area contributed by atoms with Gasteiger partial charge in [-0.1, -0.05) is 12.1 Å². The highest BCUT2D eigenvalue weighted by molar-refractivity contribution is 7.73. The first-order valence-electron chi connectivity index (χ1n) is 3.86. The molecule has 3 N–H and O–H groups in total. The average Bonchev–Trinajstić information content (AvgIpc) is 2.04. The van der Waals surface area contributed by atoms with Crippen LogP contribution in [0.25, 0.3) is 0 Å². The third-order valence-corrected chi connectivity index (χ3v) is 2.10. The predicted molar refractivity (Wildman–Crippen MR) is 53.0 cm³/mol. The zero-order valence-electron chi connectivity index (χ0n) is 7.23. The Morgan fingerprint density at radius 3 is 2.23 bits per heavy atom. The molecule has 0 fully saturated rings. The summed E-state index contributed by atoms with van der Waals surface area (Å²) in [7, 11) is -2.58. The molecule has 0 heterocycles. The Kier molecular flexibility index (Phi) is 3.27. The number of rotatable bonds is 3. The van der Waals surface area contributed by atoms with Crippen LogP contribution in [-0.4, -0.2) is 8.42 Å². The second-order valence-corrected chi connectivity index (χ2v) is 3.52. The molecule has 0 bridgehead atoms. The summed E-state index contributed by atoms with van der Waals surface area (Å²) in [6.45, 7) is 1.87. The largest absolute Gasteiger partial charge is 0.324 e. The van der Waals surface area contributed by atoms with Crippen LogP contribution < -0.4 is 10.5 Å². The molecular formula is C8H12N2O2S. The number of thiol groups is 1. The van der Waals surface area contributed by atoms with Crippen LogP contribution in [-0.2, 0) is 10.9 Å². The molecule has 0 aliphatic carbocycles. The molecule has 0 saturated heterocycles. The van der Waals surface area contributed by atoms with E-state index < -0.39 is 10.9 Å². The number of benzene rings is 1. The molecule has 0 aliphatic heterocycles. The van der Waals surface area contributed by atoms with Gasteiger partial charge in [-0.25, -0.2) is 8.42 Å². The zero-order valence-corrected chi connectivity index (χ0v) is 8.12. The van der Waals surface area contributed by atoms with Crippen LogP contribution in [0.5, 0.6) is 0 Å². The Bertz CT molecular complexity index is 336. The highest BCUT2D eigenvalue weighted by Gasteiger charge is 1.98. The maximum atomic E-state index is 10.3. The Morgan fingerprint density at radius 1 is 1.31 bits per heavy atom. The molecule has 1 atom stereocenters.